The van der Waals surface area contributed by atoms with Crippen molar-refractivity contribution in [1.82, 2.24) is 10.6 Å². The van der Waals surface area contributed by atoms with Crippen LogP contribution in [0.3, 0.4) is 0 Å². The largest absolute Gasteiger partial charge is 0.381 e. The van der Waals surface area contributed by atoms with Gasteiger partial charge in [0.15, 0.2) is 5.96 Å². The third-order valence-electron chi connectivity index (χ3n) is 5.81. The maximum absolute atomic E-state index is 5.77. The number of thiophene rings is 1. The van der Waals surface area contributed by atoms with E-state index in [0.717, 1.165) is 58.3 Å². The fraction of sp³-hybridized carbons (Fsp3) is 0.762. The number of aliphatic imine (C=N–C) groups is 1. The van der Waals surface area contributed by atoms with E-state index in [-0.39, 0.29) is 29.4 Å². The quantitative estimate of drug-likeness (QED) is 0.222. The molecule has 5 nitrogen and oxygen atoms in total. The summed E-state index contributed by atoms with van der Waals surface area (Å²) in [4.78, 5) is 5.93. The molecule has 1 aliphatic carbocycles. The van der Waals surface area contributed by atoms with Crippen LogP contribution in [0.2, 0.25) is 0 Å². The molecule has 2 heterocycles. The van der Waals surface area contributed by atoms with E-state index in [0.29, 0.717) is 5.92 Å². The molecule has 1 atom stereocenters. The lowest BCUT2D eigenvalue weighted by molar-refractivity contribution is 0.0888. The van der Waals surface area contributed by atoms with E-state index in [1.54, 1.807) is 0 Å². The summed E-state index contributed by atoms with van der Waals surface area (Å²) in [6.07, 6.45) is 8.70. The Morgan fingerprint density at radius 2 is 2.18 bits per heavy atom. The topological polar surface area (TPSA) is 54.9 Å². The molecular weight excluding hydrogens is 485 g/mol. The van der Waals surface area contributed by atoms with Crippen LogP contribution in [-0.4, -0.2) is 52.5 Å². The summed E-state index contributed by atoms with van der Waals surface area (Å²) in [6, 6.07) is 4.49. The smallest absolute Gasteiger partial charge is 0.191 e. The highest BCUT2D eigenvalue weighted by Crippen LogP contribution is 2.41. The summed E-state index contributed by atoms with van der Waals surface area (Å²) < 4.78 is 11.2. The summed E-state index contributed by atoms with van der Waals surface area (Å²) in [5.74, 6) is 1.50. The number of rotatable bonds is 9. The molecular formula is C21H36IN3O2S. The first-order valence-corrected chi connectivity index (χ1v) is 11.3. The molecule has 0 aromatic carbocycles. The maximum Gasteiger partial charge on any atom is 0.191 e. The Bertz CT molecular complexity index is 556. The number of hydrogen-bond acceptors (Lipinski definition) is 4. The zero-order valence-electron chi connectivity index (χ0n) is 17.1. The molecule has 0 radical (unpaired) electrons. The summed E-state index contributed by atoms with van der Waals surface area (Å²) in [7, 11) is 1.85. The van der Waals surface area contributed by atoms with E-state index < -0.39 is 0 Å². The first kappa shape index (κ1) is 23.9. The summed E-state index contributed by atoms with van der Waals surface area (Å²) in [5.41, 5.74) is 0.274. The lowest BCUT2D eigenvalue weighted by Gasteiger charge is -2.37. The Kier molecular flexibility index (Phi) is 11.1. The van der Waals surface area contributed by atoms with Gasteiger partial charge in [-0.3, -0.25) is 4.99 Å². The second-order valence-electron chi connectivity index (χ2n) is 7.83. The van der Waals surface area contributed by atoms with Gasteiger partial charge < -0.3 is 20.1 Å². The van der Waals surface area contributed by atoms with Gasteiger partial charge in [-0.1, -0.05) is 25.3 Å². The van der Waals surface area contributed by atoms with Gasteiger partial charge in [0.25, 0.3) is 0 Å². The Morgan fingerprint density at radius 3 is 2.86 bits per heavy atom. The first-order chi connectivity index (χ1) is 13.3. The van der Waals surface area contributed by atoms with Crippen LogP contribution in [0.25, 0.3) is 0 Å². The zero-order chi connectivity index (χ0) is 18.8. The lowest BCUT2D eigenvalue weighted by atomic mass is 9.73. The number of guanidine groups is 1. The van der Waals surface area contributed by atoms with Gasteiger partial charge in [0.2, 0.25) is 0 Å². The Morgan fingerprint density at radius 1 is 1.32 bits per heavy atom. The average molecular weight is 522 g/mol. The second-order valence-corrected chi connectivity index (χ2v) is 8.78. The summed E-state index contributed by atoms with van der Waals surface area (Å²) >= 11 is 1.90. The van der Waals surface area contributed by atoms with Gasteiger partial charge in [-0.15, -0.1) is 35.3 Å². The molecule has 160 valence electrons. The van der Waals surface area contributed by atoms with Crippen molar-refractivity contribution >= 4 is 41.3 Å². The molecule has 0 bridgehead atoms. The van der Waals surface area contributed by atoms with E-state index in [1.165, 1.54) is 37.0 Å². The van der Waals surface area contributed by atoms with Crippen LogP contribution < -0.4 is 10.6 Å². The minimum absolute atomic E-state index is 0. The third kappa shape index (κ3) is 7.15. The van der Waals surface area contributed by atoms with Crippen molar-refractivity contribution in [2.24, 2.45) is 10.9 Å². The molecule has 1 aromatic rings. The first-order valence-electron chi connectivity index (χ1n) is 10.5. The van der Waals surface area contributed by atoms with Gasteiger partial charge in [0.1, 0.15) is 0 Å². The number of nitrogens with zero attached hydrogens (tertiary/aromatic N) is 1. The van der Waals surface area contributed by atoms with Gasteiger partial charge in [-0.05, 0) is 37.1 Å². The van der Waals surface area contributed by atoms with Crippen molar-refractivity contribution in [2.45, 2.75) is 50.4 Å². The van der Waals surface area contributed by atoms with Crippen LogP contribution in [0.5, 0.6) is 0 Å². The highest BCUT2D eigenvalue weighted by atomic mass is 127. The van der Waals surface area contributed by atoms with E-state index in [1.807, 2.05) is 18.4 Å². The summed E-state index contributed by atoms with van der Waals surface area (Å²) in [6.45, 7) is 5.22. The number of ether oxygens (including phenoxy) is 2. The number of halogens is 1. The predicted octanol–water partition coefficient (Wildman–Crippen LogP) is 4.18. The fourth-order valence-corrected chi connectivity index (χ4v) is 5.13. The molecule has 1 saturated carbocycles. The molecule has 2 fully saturated rings. The van der Waals surface area contributed by atoms with Crippen molar-refractivity contribution in [3.63, 3.8) is 0 Å². The van der Waals surface area contributed by atoms with Crippen molar-refractivity contribution in [3.8, 4) is 0 Å². The van der Waals surface area contributed by atoms with Gasteiger partial charge in [-0.25, -0.2) is 0 Å². The summed E-state index contributed by atoms with van der Waals surface area (Å²) in [5, 5.41) is 9.23. The molecule has 1 aromatic heterocycles. The standard InChI is InChI=1S/C21H35N3O2S.HI/c1-22-20(23-11-6-12-25-15-18-8-13-26-16-18)24-17-21(9-3-2-4-10-21)19-7-5-14-27-19;/h5,7,14,18H,2-4,6,8-13,15-17H2,1H3,(H2,22,23,24);1H. The Hall–Kier alpha value is -0.380. The Labute approximate surface area is 191 Å². The minimum atomic E-state index is 0. The molecule has 1 unspecified atom stereocenters. The molecule has 28 heavy (non-hydrogen) atoms. The molecule has 2 aliphatic rings. The van der Waals surface area contributed by atoms with Crippen LogP contribution >= 0.6 is 35.3 Å². The van der Waals surface area contributed by atoms with Gasteiger partial charge in [-0.2, -0.15) is 0 Å². The molecule has 7 heteroatoms. The minimum Gasteiger partial charge on any atom is -0.381 e. The normalized spacial score (nSPS) is 21.9. The molecule has 1 aliphatic heterocycles. The zero-order valence-corrected chi connectivity index (χ0v) is 20.2. The molecule has 0 amide bonds. The third-order valence-corrected chi connectivity index (χ3v) is 6.92. The van der Waals surface area contributed by atoms with Gasteiger partial charge >= 0.3 is 0 Å². The molecule has 3 rings (SSSR count). The van der Waals surface area contributed by atoms with Crippen molar-refractivity contribution in [2.75, 3.05) is 46.6 Å². The second kappa shape index (κ2) is 13.0. The van der Waals surface area contributed by atoms with Gasteiger partial charge in [0, 0.05) is 49.6 Å². The number of hydrogen-bond donors (Lipinski definition) is 2. The SMILES string of the molecule is CN=C(NCCCOCC1CCOC1)NCC1(c2cccs2)CCCCC1.I. The molecule has 1 saturated heterocycles. The number of nitrogens with one attached hydrogen (secondary N) is 2. The van der Waals surface area contributed by atoms with Crippen LogP contribution in [-0.2, 0) is 14.9 Å². The van der Waals surface area contributed by atoms with Crippen LogP contribution in [0.15, 0.2) is 22.5 Å². The average Bonchev–Trinajstić information content (AvgIpc) is 3.42. The maximum atomic E-state index is 5.77. The van der Waals surface area contributed by atoms with E-state index >= 15 is 0 Å². The molecule has 2 N–H and O–H groups in total. The van der Waals surface area contributed by atoms with E-state index in [4.69, 9.17) is 9.47 Å². The van der Waals surface area contributed by atoms with Crippen molar-refractivity contribution in [3.05, 3.63) is 22.4 Å². The Balaban J connectivity index is 0.00000280. The van der Waals surface area contributed by atoms with Crippen LogP contribution in [0.1, 0.15) is 49.8 Å². The van der Waals surface area contributed by atoms with Gasteiger partial charge in [0.05, 0.1) is 13.2 Å². The van der Waals surface area contributed by atoms with E-state index in [9.17, 15) is 0 Å². The van der Waals surface area contributed by atoms with Crippen LogP contribution in [0.4, 0.5) is 0 Å². The monoisotopic (exact) mass is 521 g/mol. The van der Waals surface area contributed by atoms with E-state index in [2.05, 4.69) is 33.1 Å². The highest BCUT2D eigenvalue weighted by Gasteiger charge is 2.34. The highest BCUT2D eigenvalue weighted by molar-refractivity contribution is 14.0. The predicted molar refractivity (Wildman–Crippen MR) is 128 cm³/mol. The fourth-order valence-electron chi connectivity index (χ4n) is 4.14. The molecule has 0 spiro atoms. The van der Waals surface area contributed by atoms with Crippen molar-refractivity contribution < 1.29 is 9.47 Å². The lowest BCUT2D eigenvalue weighted by Crippen LogP contribution is -2.46. The van der Waals surface area contributed by atoms with Crippen molar-refractivity contribution in [1.29, 1.82) is 0 Å². The van der Waals surface area contributed by atoms with Crippen LogP contribution in [0, 0.1) is 5.92 Å².